The molecule has 0 saturated carbocycles. The summed E-state index contributed by atoms with van der Waals surface area (Å²) in [6, 6.07) is 9.12. The van der Waals surface area contributed by atoms with E-state index in [-0.39, 0.29) is 6.61 Å². The van der Waals surface area contributed by atoms with E-state index >= 15 is 0 Å². The molecule has 1 aromatic heterocycles. The first-order valence-electron chi connectivity index (χ1n) is 5.45. The Morgan fingerprint density at radius 2 is 1.89 bits per heavy atom. The van der Waals surface area contributed by atoms with E-state index in [1.807, 2.05) is 31.2 Å². The van der Waals surface area contributed by atoms with Gasteiger partial charge in [-0.25, -0.2) is 9.97 Å². The molecule has 18 heavy (non-hydrogen) atoms. The maximum atomic E-state index is 5.86. The zero-order valence-electron chi connectivity index (χ0n) is 10.2. The van der Waals surface area contributed by atoms with Crippen LogP contribution in [0, 0.1) is 6.92 Å². The molecule has 0 amide bonds. The number of aryl methyl sites for hydroxylation is 1. The Kier molecular flexibility index (Phi) is 3.99. The summed E-state index contributed by atoms with van der Waals surface area (Å²) < 4.78 is 10.8. The molecular formula is C13H13ClN2O2. The van der Waals surface area contributed by atoms with Gasteiger partial charge < -0.3 is 9.47 Å². The first kappa shape index (κ1) is 12.6. The number of nitrogens with zero attached hydrogens (tertiary/aromatic N) is 2. The number of benzene rings is 1. The molecule has 2 aromatic rings. The van der Waals surface area contributed by atoms with Crippen LogP contribution in [0.25, 0.3) is 0 Å². The maximum absolute atomic E-state index is 5.86. The van der Waals surface area contributed by atoms with Gasteiger partial charge in [0.15, 0.2) is 17.3 Å². The van der Waals surface area contributed by atoms with Crippen LogP contribution in [0.5, 0.6) is 11.5 Å². The lowest BCUT2D eigenvalue weighted by Gasteiger charge is -2.09. The Labute approximate surface area is 111 Å². The summed E-state index contributed by atoms with van der Waals surface area (Å²) in [6.07, 6.45) is 0. The molecule has 0 unspecified atom stereocenters. The summed E-state index contributed by atoms with van der Waals surface area (Å²) in [5.41, 5.74) is 0.814. The van der Waals surface area contributed by atoms with Gasteiger partial charge in [0.1, 0.15) is 11.8 Å². The molecule has 2 rings (SSSR count). The van der Waals surface area contributed by atoms with Gasteiger partial charge in [-0.05, 0) is 25.1 Å². The number of hydrogen-bond acceptors (Lipinski definition) is 4. The zero-order valence-corrected chi connectivity index (χ0v) is 10.9. The molecule has 5 heteroatoms. The highest BCUT2D eigenvalue weighted by molar-refractivity contribution is 6.29. The Balaban J connectivity index is 2.11. The average molecular weight is 265 g/mol. The number of halogens is 1. The minimum absolute atomic E-state index is 0.252. The van der Waals surface area contributed by atoms with Crippen molar-refractivity contribution in [1.29, 1.82) is 0 Å². The van der Waals surface area contributed by atoms with Crippen LogP contribution < -0.4 is 9.47 Å². The Morgan fingerprint density at radius 1 is 1.17 bits per heavy atom. The lowest BCUT2D eigenvalue weighted by Crippen LogP contribution is -2.03. The Bertz CT molecular complexity index is 526. The van der Waals surface area contributed by atoms with E-state index < -0.39 is 0 Å². The Morgan fingerprint density at radius 3 is 2.56 bits per heavy atom. The second-order valence-corrected chi connectivity index (χ2v) is 4.08. The molecule has 1 heterocycles. The van der Waals surface area contributed by atoms with Crippen molar-refractivity contribution in [3.05, 3.63) is 47.0 Å². The average Bonchev–Trinajstić information content (AvgIpc) is 2.35. The van der Waals surface area contributed by atoms with E-state index in [1.165, 1.54) is 0 Å². The van der Waals surface area contributed by atoms with E-state index in [9.17, 15) is 0 Å². The topological polar surface area (TPSA) is 44.2 Å². The summed E-state index contributed by atoms with van der Waals surface area (Å²) in [4.78, 5) is 8.34. The smallest absolute Gasteiger partial charge is 0.167 e. The van der Waals surface area contributed by atoms with Gasteiger partial charge >= 0.3 is 0 Å². The van der Waals surface area contributed by atoms with Crippen molar-refractivity contribution in [1.82, 2.24) is 9.97 Å². The first-order chi connectivity index (χ1) is 8.69. The third-order valence-electron chi connectivity index (χ3n) is 2.30. The molecule has 0 bridgehead atoms. The van der Waals surface area contributed by atoms with Crippen molar-refractivity contribution in [2.75, 3.05) is 7.11 Å². The van der Waals surface area contributed by atoms with Crippen molar-refractivity contribution >= 4 is 11.6 Å². The molecule has 0 aliphatic heterocycles. The molecule has 94 valence electrons. The van der Waals surface area contributed by atoms with Gasteiger partial charge in [-0.2, -0.15) is 0 Å². The van der Waals surface area contributed by atoms with Crippen LogP contribution >= 0.6 is 11.6 Å². The van der Waals surface area contributed by atoms with Crippen molar-refractivity contribution in [2.45, 2.75) is 13.5 Å². The number of rotatable bonds is 4. The fraction of sp³-hybridized carbons (Fsp3) is 0.231. The van der Waals surface area contributed by atoms with E-state index in [0.29, 0.717) is 22.5 Å². The van der Waals surface area contributed by atoms with Crippen LogP contribution in [-0.2, 0) is 6.61 Å². The molecule has 4 nitrogen and oxygen atoms in total. The summed E-state index contributed by atoms with van der Waals surface area (Å²) in [6.45, 7) is 2.11. The van der Waals surface area contributed by atoms with E-state index in [4.69, 9.17) is 21.1 Å². The van der Waals surface area contributed by atoms with Crippen LogP contribution in [-0.4, -0.2) is 17.1 Å². The number of methoxy groups -OCH3 is 1. The molecule has 0 N–H and O–H groups in total. The molecule has 0 saturated heterocycles. The van der Waals surface area contributed by atoms with Gasteiger partial charge in [0.2, 0.25) is 0 Å². The zero-order chi connectivity index (χ0) is 13.0. The summed E-state index contributed by atoms with van der Waals surface area (Å²) in [5.74, 6) is 1.88. The van der Waals surface area contributed by atoms with Crippen LogP contribution in [0.15, 0.2) is 30.3 Å². The van der Waals surface area contributed by atoms with Crippen LogP contribution in [0.4, 0.5) is 0 Å². The molecular weight excluding hydrogens is 252 g/mol. The van der Waals surface area contributed by atoms with Crippen molar-refractivity contribution < 1.29 is 9.47 Å². The molecule has 0 aliphatic rings. The van der Waals surface area contributed by atoms with E-state index in [0.717, 1.165) is 5.69 Å². The normalized spacial score (nSPS) is 10.2. The van der Waals surface area contributed by atoms with Gasteiger partial charge in [0.05, 0.1) is 7.11 Å². The predicted octanol–water partition coefficient (Wildman–Crippen LogP) is 3.03. The third kappa shape index (κ3) is 3.11. The summed E-state index contributed by atoms with van der Waals surface area (Å²) in [7, 11) is 1.60. The van der Waals surface area contributed by atoms with E-state index in [1.54, 1.807) is 13.2 Å². The SMILES string of the molecule is COc1ccccc1OCc1nc(C)cc(Cl)n1. The second-order valence-electron chi connectivity index (χ2n) is 3.69. The third-order valence-corrected chi connectivity index (χ3v) is 2.49. The second kappa shape index (κ2) is 5.69. The lowest BCUT2D eigenvalue weighted by molar-refractivity contribution is 0.276. The maximum Gasteiger partial charge on any atom is 0.167 e. The Hall–Kier alpha value is -1.81. The number of hydrogen-bond donors (Lipinski definition) is 0. The molecule has 0 spiro atoms. The summed E-state index contributed by atoms with van der Waals surface area (Å²) in [5, 5.41) is 0.418. The first-order valence-corrected chi connectivity index (χ1v) is 5.82. The molecule has 0 atom stereocenters. The quantitative estimate of drug-likeness (QED) is 0.796. The largest absolute Gasteiger partial charge is 0.493 e. The van der Waals surface area contributed by atoms with Gasteiger partial charge in [-0.3, -0.25) is 0 Å². The minimum Gasteiger partial charge on any atom is -0.493 e. The fourth-order valence-corrected chi connectivity index (χ4v) is 1.79. The lowest BCUT2D eigenvalue weighted by atomic mass is 10.3. The number of aromatic nitrogens is 2. The monoisotopic (exact) mass is 264 g/mol. The van der Waals surface area contributed by atoms with Gasteiger partial charge in [-0.1, -0.05) is 23.7 Å². The predicted molar refractivity (Wildman–Crippen MR) is 69.1 cm³/mol. The van der Waals surface area contributed by atoms with Gasteiger partial charge in [0.25, 0.3) is 0 Å². The highest BCUT2D eigenvalue weighted by atomic mass is 35.5. The van der Waals surface area contributed by atoms with Crippen LogP contribution in [0.2, 0.25) is 5.15 Å². The highest BCUT2D eigenvalue weighted by Crippen LogP contribution is 2.26. The van der Waals surface area contributed by atoms with E-state index in [2.05, 4.69) is 9.97 Å². The standard InChI is InChI=1S/C13H13ClN2O2/c1-9-7-12(14)16-13(15-9)8-18-11-6-4-3-5-10(11)17-2/h3-7H,8H2,1-2H3. The number of para-hydroxylation sites is 2. The number of ether oxygens (including phenoxy) is 2. The van der Waals surface area contributed by atoms with Crippen LogP contribution in [0.3, 0.4) is 0 Å². The van der Waals surface area contributed by atoms with Gasteiger partial charge in [0, 0.05) is 5.69 Å². The van der Waals surface area contributed by atoms with Crippen molar-refractivity contribution in [3.63, 3.8) is 0 Å². The molecule has 0 aliphatic carbocycles. The van der Waals surface area contributed by atoms with Crippen molar-refractivity contribution in [2.24, 2.45) is 0 Å². The molecule has 0 fully saturated rings. The van der Waals surface area contributed by atoms with Gasteiger partial charge in [-0.15, -0.1) is 0 Å². The van der Waals surface area contributed by atoms with Crippen molar-refractivity contribution in [3.8, 4) is 11.5 Å². The van der Waals surface area contributed by atoms with Crippen LogP contribution in [0.1, 0.15) is 11.5 Å². The molecule has 0 radical (unpaired) electrons. The molecule has 1 aromatic carbocycles. The summed E-state index contributed by atoms with van der Waals surface area (Å²) >= 11 is 5.86. The fourth-order valence-electron chi connectivity index (χ4n) is 1.53. The highest BCUT2D eigenvalue weighted by Gasteiger charge is 2.05. The minimum atomic E-state index is 0.252.